The fraction of sp³-hybridized carbons (Fsp3) is 0.300. The third-order valence-corrected chi connectivity index (χ3v) is 6.73. The Kier molecular flexibility index (Phi) is 6.70. The molecule has 1 aliphatic rings. The Morgan fingerprint density at radius 3 is 2.65 bits per heavy atom. The zero-order valence-corrected chi connectivity index (χ0v) is 21.5. The molecule has 2 aromatic heterocycles. The number of aromatic nitrogens is 1. The van der Waals surface area contributed by atoms with Gasteiger partial charge in [-0.05, 0) is 66.8 Å². The van der Waals surface area contributed by atoms with Gasteiger partial charge in [0.1, 0.15) is 5.58 Å². The maximum atomic E-state index is 13.9. The largest absolute Gasteiger partial charge is 0.493 e. The lowest BCUT2D eigenvalue weighted by molar-refractivity contribution is 0.0714. The summed E-state index contributed by atoms with van der Waals surface area (Å²) in [6.45, 7) is 6.79. The zero-order chi connectivity index (χ0) is 26.1. The van der Waals surface area contributed by atoms with E-state index in [-0.39, 0.29) is 23.6 Å². The summed E-state index contributed by atoms with van der Waals surface area (Å²) in [5.74, 6) is 0.929. The van der Waals surface area contributed by atoms with Crippen LogP contribution in [0.15, 0.2) is 64.1 Å². The minimum Gasteiger partial charge on any atom is -0.493 e. The molecule has 7 nitrogen and oxygen atoms in total. The van der Waals surface area contributed by atoms with Gasteiger partial charge in [-0.3, -0.25) is 14.6 Å². The van der Waals surface area contributed by atoms with Crippen LogP contribution in [0, 0.1) is 13.8 Å². The van der Waals surface area contributed by atoms with Crippen LogP contribution in [0.5, 0.6) is 11.5 Å². The number of amides is 1. The summed E-state index contributed by atoms with van der Waals surface area (Å²) in [6, 6.07) is 12.4. The van der Waals surface area contributed by atoms with Crippen molar-refractivity contribution >= 4 is 16.9 Å². The molecule has 1 aliphatic heterocycles. The number of carbonyl (C=O) groups excluding carboxylic acids is 1. The molecule has 1 atom stereocenters. The van der Waals surface area contributed by atoms with Gasteiger partial charge in [-0.2, -0.15) is 0 Å². The molecule has 0 aliphatic carbocycles. The molecule has 0 N–H and O–H groups in total. The molecule has 0 fully saturated rings. The first-order valence-electron chi connectivity index (χ1n) is 12.5. The second-order valence-electron chi connectivity index (χ2n) is 9.44. The van der Waals surface area contributed by atoms with E-state index in [1.165, 1.54) is 0 Å². The smallest absolute Gasteiger partial charge is 0.291 e. The summed E-state index contributed by atoms with van der Waals surface area (Å²) >= 11 is 0. The van der Waals surface area contributed by atoms with Crippen molar-refractivity contribution in [1.29, 1.82) is 0 Å². The Labute approximate surface area is 215 Å². The summed E-state index contributed by atoms with van der Waals surface area (Å²) in [7, 11) is 1.58. The van der Waals surface area contributed by atoms with Gasteiger partial charge in [0, 0.05) is 18.9 Å². The Balaban J connectivity index is 1.68. The quantitative estimate of drug-likeness (QED) is 0.288. The number of ether oxygens (including phenoxy) is 2. The van der Waals surface area contributed by atoms with Crippen LogP contribution in [0.25, 0.3) is 11.0 Å². The van der Waals surface area contributed by atoms with Crippen LogP contribution in [0.4, 0.5) is 0 Å². The number of rotatable bonds is 8. The van der Waals surface area contributed by atoms with Crippen LogP contribution in [-0.4, -0.2) is 29.5 Å². The fourth-order valence-corrected chi connectivity index (χ4v) is 4.97. The number of nitrogens with zero attached hydrogens (tertiary/aromatic N) is 2. The number of unbranched alkanes of at least 4 members (excludes halogenated alkanes) is 1. The number of pyridine rings is 1. The fourth-order valence-electron chi connectivity index (χ4n) is 4.97. The highest BCUT2D eigenvalue weighted by molar-refractivity contribution is 5.99. The van der Waals surface area contributed by atoms with Crippen LogP contribution in [0.1, 0.15) is 64.2 Å². The first-order valence-corrected chi connectivity index (χ1v) is 12.5. The van der Waals surface area contributed by atoms with Gasteiger partial charge in [0.05, 0.1) is 30.7 Å². The summed E-state index contributed by atoms with van der Waals surface area (Å²) in [4.78, 5) is 33.6. The molecule has 3 heterocycles. The highest BCUT2D eigenvalue weighted by Crippen LogP contribution is 2.42. The van der Waals surface area contributed by atoms with E-state index in [0.717, 1.165) is 35.1 Å². The number of fused-ring (bicyclic) bond motifs is 2. The molecule has 0 radical (unpaired) electrons. The summed E-state index contributed by atoms with van der Waals surface area (Å²) < 4.78 is 17.7. The molecular formula is C30H30N2O5. The van der Waals surface area contributed by atoms with E-state index >= 15 is 0 Å². The van der Waals surface area contributed by atoms with Gasteiger partial charge in [-0.15, -0.1) is 0 Å². The summed E-state index contributed by atoms with van der Waals surface area (Å²) in [6.07, 6.45) is 5.36. The van der Waals surface area contributed by atoms with Crippen molar-refractivity contribution in [3.8, 4) is 11.5 Å². The first kappa shape index (κ1) is 24.6. The van der Waals surface area contributed by atoms with E-state index in [1.54, 1.807) is 24.4 Å². The van der Waals surface area contributed by atoms with E-state index in [0.29, 0.717) is 34.6 Å². The molecule has 1 unspecified atom stereocenters. The minimum absolute atomic E-state index is 0.0839. The average Bonchev–Trinajstić information content (AvgIpc) is 3.17. The minimum atomic E-state index is -0.650. The Morgan fingerprint density at radius 1 is 1.08 bits per heavy atom. The maximum absolute atomic E-state index is 13.9. The summed E-state index contributed by atoms with van der Waals surface area (Å²) in [5.41, 5.74) is 3.96. The molecule has 0 bridgehead atoms. The van der Waals surface area contributed by atoms with Crippen LogP contribution in [0.2, 0.25) is 0 Å². The maximum Gasteiger partial charge on any atom is 0.291 e. The molecule has 0 spiro atoms. The van der Waals surface area contributed by atoms with Crippen LogP contribution in [-0.2, 0) is 6.54 Å². The van der Waals surface area contributed by atoms with E-state index in [1.807, 2.05) is 56.3 Å². The molecule has 1 amide bonds. The third-order valence-electron chi connectivity index (χ3n) is 6.73. The van der Waals surface area contributed by atoms with Crippen LogP contribution >= 0.6 is 0 Å². The lowest BCUT2D eigenvalue weighted by Crippen LogP contribution is -2.29. The van der Waals surface area contributed by atoms with Crippen molar-refractivity contribution in [3.05, 3.63) is 98.7 Å². The Morgan fingerprint density at radius 2 is 1.92 bits per heavy atom. The molecule has 37 heavy (non-hydrogen) atoms. The first-order chi connectivity index (χ1) is 17.9. The molecule has 2 aromatic carbocycles. The van der Waals surface area contributed by atoms with Crippen molar-refractivity contribution < 1.29 is 18.7 Å². The highest BCUT2D eigenvalue weighted by Gasteiger charge is 2.43. The van der Waals surface area contributed by atoms with Crippen LogP contribution < -0.4 is 14.9 Å². The highest BCUT2D eigenvalue weighted by atomic mass is 16.5. The van der Waals surface area contributed by atoms with Gasteiger partial charge in [-0.25, -0.2) is 0 Å². The normalized spacial score (nSPS) is 14.8. The number of hydrogen-bond donors (Lipinski definition) is 0. The Bertz CT molecular complexity index is 1530. The second-order valence-corrected chi connectivity index (χ2v) is 9.44. The number of carbonyl (C=O) groups is 1. The number of benzene rings is 2. The molecule has 0 saturated carbocycles. The lowest BCUT2D eigenvalue weighted by atomic mass is 9.97. The summed E-state index contributed by atoms with van der Waals surface area (Å²) in [5, 5.41) is 0.476. The van der Waals surface area contributed by atoms with Gasteiger partial charge in [0.15, 0.2) is 16.9 Å². The van der Waals surface area contributed by atoms with Gasteiger partial charge in [0.25, 0.3) is 5.91 Å². The molecule has 7 heteroatoms. The monoisotopic (exact) mass is 498 g/mol. The SMILES string of the molecule is CCCCOc1ccc(C2c3c(oc4c(C)cc(C)cc4c3=O)C(=O)N2Cc2cccnc2)cc1OC. The van der Waals surface area contributed by atoms with E-state index in [9.17, 15) is 9.59 Å². The van der Waals surface area contributed by atoms with Crippen molar-refractivity contribution in [2.75, 3.05) is 13.7 Å². The topological polar surface area (TPSA) is 81.9 Å². The van der Waals surface area contributed by atoms with Gasteiger partial charge >= 0.3 is 0 Å². The van der Waals surface area contributed by atoms with Crippen LogP contribution in [0.3, 0.4) is 0 Å². The second kappa shape index (κ2) is 10.1. The predicted molar refractivity (Wildman–Crippen MR) is 141 cm³/mol. The lowest BCUT2D eigenvalue weighted by Gasteiger charge is -2.26. The van der Waals surface area contributed by atoms with Gasteiger partial charge < -0.3 is 18.8 Å². The number of methoxy groups -OCH3 is 1. The molecular weight excluding hydrogens is 468 g/mol. The molecule has 190 valence electrons. The molecule has 4 aromatic rings. The molecule has 0 saturated heterocycles. The van der Waals surface area contributed by atoms with Gasteiger partial charge in [0.2, 0.25) is 5.76 Å². The van der Waals surface area contributed by atoms with Gasteiger partial charge in [-0.1, -0.05) is 31.5 Å². The number of hydrogen-bond acceptors (Lipinski definition) is 6. The average molecular weight is 499 g/mol. The van der Waals surface area contributed by atoms with Crippen molar-refractivity contribution in [2.24, 2.45) is 0 Å². The zero-order valence-electron chi connectivity index (χ0n) is 21.5. The van der Waals surface area contributed by atoms with Crippen molar-refractivity contribution in [1.82, 2.24) is 9.88 Å². The van der Waals surface area contributed by atoms with Crippen molar-refractivity contribution in [3.63, 3.8) is 0 Å². The Hall–Kier alpha value is -4.13. The number of aryl methyl sites for hydroxylation is 2. The van der Waals surface area contributed by atoms with Crippen molar-refractivity contribution in [2.45, 2.75) is 46.2 Å². The van der Waals surface area contributed by atoms with E-state index in [2.05, 4.69) is 11.9 Å². The predicted octanol–water partition coefficient (Wildman–Crippen LogP) is 5.74. The molecule has 5 rings (SSSR count). The third kappa shape index (κ3) is 4.46. The van der Waals surface area contributed by atoms with E-state index in [4.69, 9.17) is 13.9 Å². The van der Waals surface area contributed by atoms with E-state index < -0.39 is 6.04 Å². The standard InChI is InChI=1S/C30H30N2O5/c1-5-6-12-36-23-10-9-21(15-24(23)35-4)26-25-27(33)22-14-18(2)13-19(3)28(22)37-29(25)30(34)32(26)17-20-8-7-11-31-16-20/h7-11,13-16,26H,5-6,12,17H2,1-4H3.